The van der Waals surface area contributed by atoms with Gasteiger partial charge in [-0.1, -0.05) is 212 Å². The van der Waals surface area contributed by atoms with Gasteiger partial charge in [0.2, 0.25) is 0 Å². The lowest BCUT2D eigenvalue weighted by molar-refractivity contribution is 0.465. The molecule has 2 aliphatic heterocycles. The quantitative estimate of drug-likeness (QED) is 0.157. The molecular weight excluding hydrogens is 748 g/mol. The monoisotopic (exact) mass is 786 g/mol. The van der Waals surface area contributed by atoms with Gasteiger partial charge in [0.1, 0.15) is 23.0 Å². The van der Waals surface area contributed by atoms with E-state index in [4.69, 9.17) is 9.47 Å². The fourth-order valence-electron chi connectivity index (χ4n) is 10.0. The van der Waals surface area contributed by atoms with Crippen LogP contribution in [0.3, 0.4) is 0 Å². The van der Waals surface area contributed by atoms with E-state index in [1.54, 1.807) is 0 Å². The first-order valence-corrected chi connectivity index (χ1v) is 24.4. The molecule has 278 valence electrons. The Morgan fingerprint density at radius 1 is 0.254 bits per heavy atom. The van der Waals surface area contributed by atoms with Gasteiger partial charge in [0.05, 0.1) is 0 Å². The minimum absolute atomic E-state index is 0.0562. The summed E-state index contributed by atoms with van der Waals surface area (Å²) >= 11 is 0. The maximum atomic E-state index is 6.98. The molecule has 0 atom stereocenters. The normalized spacial score (nSPS) is 12.6. The smallest absolute Gasteiger partial charge is 0.260 e. The SMILES string of the molecule is c1ccc([Si](c2ccccc2)(c2ccccc2)c2ccc3c(c2)Oc2cccc4c2B3c2ccc([Si](c3ccccc3)(c3ccccc3)c3ccccc3)cc2O4)cc1. The summed E-state index contributed by atoms with van der Waals surface area (Å²) in [6.07, 6.45) is 0. The summed E-state index contributed by atoms with van der Waals surface area (Å²) < 4.78 is 14.0. The van der Waals surface area contributed by atoms with Gasteiger partial charge in [-0.25, -0.2) is 0 Å². The molecule has 0 N–H and O–H groups in total. The Morgan fingerprint density at radius 3 is 0.831 bits per heavy atom. The molecular formula is C54H39BO2Si2. The highest BCUT2D eigenvalue weighted by molar-refractivity contribution is 7.20. The lowest BCUT2D eigenvalue weighted by Gasteiger charge is -2.38. The summed E-state index contributed by atoms with van der Waals surface area (Å²) in [6, 6.07) is 86.9. The minimum atomic E-state index is -2.78. The molecule has 0 radical (unpaired) electrons. The Kier molecular flexibility index (Phi) is 8.65. The lowest BCUT2D eigenvalue weighted by atomic mass is 9.35. The van der Waals surface area contributed by atoms with Crippen molar-refractivity contribution in [2.24, 2.45) is 0 Å². The zero-order valence-corrected chi connectivity index (χ0v) is 34.4. The van der Waals surface area contributed by atoms with Crippen molar-refractivity contribution in [2.75, 3.05) is 0 Å². The van der Waals surface area contributed by atoms with Crippen LogP contribution in [0.1, 0.15) is 0 Å². The highest BCUT2D eigenvalue weighted by atomic mass is 28.3. The molecule has 0 aromatic heterocycles. The molecule has 2 nitrogen and oxygen atoms in total. The van der Waals surface area contributed by atoms with Crippen molar-refractivity contribution >= 4 is 80.7 Å². The van der Waals surface area contributed by atoms with Crippen molar-refractivity contribution in [3.8, 4) is 23.0 Å². The Balaban J connectivity index is 1.12. The molecule has 0 aliphatic carbocycles. The van der Waals surface area contributed by atoms with E-state index in [2.05, 4.69) is 237 Å². The topological polar surface area (TPSA) is 18.5 Å². The van der Waals surface area contributed by atoms with E-state index >= 15 is 0 Å². The number of fused-ring (bicyclic) bond motifs is 4. The third-order valence-electron chi connectivity index (χ3n) is 12.5. The van der Waals surface area contributed by atoms with Gasteiger partial charge in [-0.3, -0.25) is 0 Å². The fourth-order valence-corrected chi connectivity index (χ4v) is 19.5. The Labute approximate surface area is 348 Å². The molecule has 2 heterocycles. The predicted octanol–water partition coefficient (Wildman–Crippen LogP) is 5.17. The van der Waals surface area contributed by atoms with Crippen molar-refractivity contribution in [1.29, 1.82) is 0 Å². The van der Waals surface area contributed by atoms with E-state index in [9.17, 15) is 0 Å². The summed E-state index contributed by atoms with van der Waals surface area (Å²) in [5.41, 5.74) is 3.39. The lowest BCUT2D eigenvalue weighted by Crippen LogP contribution is -2.75. The number of rotatable bonds is 8. The molecule has 0 saturated carbocycles. The highest BCUT2D eigenvalue weighted by Crippen LogP contribution is 2.34. The molecule has 0 fully saturated rings. The summed E-state index contributed by atoms with van der Waals surface area (Å²) in [5.74, 6) is 3.49. The summed E-state index contributed by atoms with van der Waals surface area (Å²) in [7, 11) is -5.55. The van der Waals surface area contributed by atoms with E-state index in [0.717, 1.165) is 39.4 Å². The van der Waals surface area contributed by atoms with Gasteiger partial charge in [-0.2, -0.15) is 0 Å². The molecule has 59 heavy (non-hydrogen) atoms. The van der Waals surface area contributed by atoms with Gasteiger partial charge in [0.15, 0.2) is 16.1 Å². The highest BCUT2D eigenvalue weighted by Gasteiger charge is 2.46. The number of benzene rings is 9. The van der Waals surface area contributed by atoms with E-state index in [-0.39, 0.29) is 6.71 Å². The van der Waals surface area contributed by atoms with Crippen molar-refractivity contribution in [1.82, 2.24) is 0 Å². The number of ether oxygens (including phenoxy) is 2. The maximum Gasteiger partial charge on any atom is 0.260 e. The second-order valence-electron chi connectivity index (χ2n) is 15.5. The van der Waals surface area contributed by atoms with Gasteiger partial charge in [-0.05, 0) is 76.7 Å². The van der Waals surface area contributed by atoms with Crippen LogP contribution < -0.4 is 67.4 Å². The third kappa shape index (κ3) is 5.54. The van der Waals surface area contributed by atoms with Gasteiger partial charge >= 0.3 is 0 Å². The van der Waals surface area contributed by atoms with Crippen LogP contribution in [-0.2, 0) is 0 Å². The molecule has 9 aromatic rings. The first-order valence-electron chi connectivity index (χ1n) is 20.4. The average Bonchev–Trinajstić information content (AvgIpc) is 3.31. The van der Waals surface area contributed by atoms with Crippen LogP contribution in [-0.4, -0.2) is 22.9 Å². The van der Waals surface area contributed by atoms with Crippen molar-refractivity contribution in [3.05, 3.63) is 237 Å². The van der Waals surface area contributed by atoms with E-state index in [1.165, 1.54) is 41.5 Å². The first-order chi connectivity index (χ1) is 29.3. The first kappa shape index (κ1) is 35.3. The third-order valence-corrected chi connectivity index (χ3v) is 22.1. The van der Waals surface area contributed by atoms with E-state index < -0.39 is 16.1 Å². The van der Waals surface area contributed by atoms with Crippen LogP contribution in [0.2, 0.25) is 0 Å². The minimum Gasteiger partial charge on any atom is -0.458 e. The number of hydrogen-bond donors (Lipinski definition) is 0. The summed E-state index contributed by atoms with van der Waals surface area (Å²) in [6.45, 7) is -0.0562. The predicted molar refractivity (Wildman–Crippen MR) is 251 cm³/mol. The van der Waals surface area contributed by atoms with Crippen LogP contribution in [0, 0.1) is 0 Å². The van der Waals surface area contributed by atoms with Gasteiger partial charge in [0, 0.05) is 5.46 Å². The van der Waals surface area contributed by atoms with Gasteiger partial charge < -0.3 is 9.47 Å². The van der Waals surface area contributed by atoms with Gasteiger partial charge in [-0.15, -0.1) is 0 Å². The molecule has 0 saturated heterocycles. The molecule has 11 rings (SSSR count). The van der Waals surface area contributed by atoms with Crippen LogP contribution in [0.4, 0.5) is 0 Å². The van der Waals surface area contributed by atoms with E-state index in [1.807, 2.05) is 0 Å². The van der Waals surface area contributed by atoms with Crippen molar-refractivity contribution < 1.29 is 9.47 Å². The molecule has 0 spiro atoms. The second-order valence-corrected chi connectivity index (χ2v) is 23.1. The standard InChI is InChI=1S/C54H39BO2Si2/c1-7-20-40(21-8-1)58(41-22-9-2-10-23-41,42-24-11-3-12-25-42)46-34-36-48-52(38-46)56-50-32-19-33-51-54(50)55(48)49-37-35-47(39-53(49)57-51)59(43-26-13-4-14-27-43,44-28-15-5-16-29-44)45-30-17-6-18-31-45/h1-39H. The molecule has 9 aromatic carbocycles. The summed E-state index contributed by atoms with van der Waals surface area (Å²) in [4.78, 5) is 0. The Morgan fingerprint density at radius 2 is 0.542 bits per heavy atom. The second kappa shape index (κ2) is 14.5. The molecule has 2 aliphatic rings. The van der Waals surface area contributed by atoms with Gasteiger partial charge in [0.25, 0.3) is 6.71 Å². The molecule has 0 amide bonds. The average molecular weight is 787 g/mol. The Bertz CT molecular complexity index is 2540. The Hall–Kier alpha value is -6.92. The van der Waals surface area contributed by atoms with Crippen LogP contribution in [0.5, 0.6) is 23.0 Å². The number of hydrogen-bond acceptors (Lipinski definition) is 2. The zero-order valence-electron chi connectivity index (χ0n) is 32.4. The molecule has 5 heteroatoms. The van der Waals surface area contributed by atoms with Crippen LogP contribution in [0.15, 0.2) is 237 Å². The largest absolute Gasteiger partial charge is 0.458 e. The van der Waals surface area contributed by atoms with Crippen LogP contribution in [0.25, 0.3) is 0 Å². The zero-order chi connectivity index (χ0) is 39.2. The van der Waals surface area contributed by atoms with Crippen molar-refractivity contribution in [3.63, 3.8) is 0 Å². The van der Waals surface area contributed by atoms with E-state index in [0.29, 0.717) is 0 Å². The molecule has 0 unspecified atom stereocenters. The maximum absolute atomic E-state index is 6.98. The van der Waals surface area contributed by atoms with Crippen LogP contribution >= 0.6 is 0 Å². The summed E-state index contributed by atoms with van der Waals surface area (Å²) in [5, 5.41) is 10.6. The fraction of sp³-hybridized carbons (Fsp3) is 0. The van der Waals surface area contributed by atoms with Crippen molar-refractivity contribution in [2.45, 2.75) is 0 Å². The molecule has 0 bridgehead atoms.